The first-order valence-electron chi connectivity index (χ1n) is 12.0. The molecular weight excluding hydrogens is 534 g/mol. The van der Waals surface area contributed by atoms with Gasteiger partial charge in [-0.25, -0.2) is 14.5 Å². The largest absolute Gasteiger partial charge is 0.508 e. The van der Waals surface area contributed by atoms with Crippen LogP contribution in [0, 0.1) is 10.1 Å². The highest BCUT2D eigenvalue weighted by atomic mass is 16.7. The molecule has 1 aromatic carbocycles. The highest BCUT2D eigenvalue weighted by Crippen LogP contribution is 2.41. The number of aromatic amines is 1. The Kier molecular flexibility index (Phi) is 7.22. The molecule has 1 saturated heterocycles. The van der Waals surface area contributed by atoms with E-state index in [1.165, 1.54) is 36.3 Å². The van der Waals surface area contributed by atoms with Crippen LogP contribution >= 0.6 is 0 Å². The van der Waals surface area contributed by atoms with Gasteiger partial charge in [0.05, 0.1) is 35.2 Å². The molecule has 4 heterocycles. The number of aliphatic hydroxyl groups excluding tert-OH is 1. The Bertz CT molecular complexity index is 1530. The molecule has 0 amide bonds. The number of aliphatic imine (C=N–C) groups is 1. The summed E-state index contributed by atoms with van der Waals surface area (Å²) >= 11 is 0. The van der Waals surface area contributed by atoms with Gasteiger partial charge in [-0.3, -0.25) is 19.9 Å². The number of aromatic nitrogens is 4. The monoisotopic (exact) mass is 559 g/mol. The number of rotatable bonds is 8. The predicted molar refractivity (Wildman–Crippen MR) is 135 cm³/mol. The van der Waals surface area contributed by atoms with Crippen molar-refractivity contribution in [2.75, 3.05) is 27.5 Å². The van der Waals surface area contributed by atoms with E-state index in [4.69, 9.17) is 23.7 Å². The average Bonchev–Trinajstić information content (AvgIpc) is 3.63. The van der Waals surface area contributed by atoms with E-state index < -0.39 is 41.2 Å². The summed E-state index contributed by atoms with van der Waals surface area (Å²) in [7, 11) is 3.52. The van der Waals surface area contributed by atoms with Gasteiger partial charge in [0.2, 0.25) is 12.7 Å². The van der Waals surface area contributed by atoms with Gasteiger partial charge in [0.1, 0.15) is 24.2 Å². The van der Waals surface area contributed by atoms with Crippen LogP contribution in [0.5, 0.6) is 11.5 Å². The molecule has 40 heavy (non-hydrogen) atoms. The number of H-pyrrole nitrogens is 1. The SMILES string of the molecule is CC(OC(=O)OCC1OC(n2ncc3c(=O)[nH]c(N=CN(C)C)nc32)CC1O)c1cc2c(cc1[N+](=O)[O-])OCO2. The number of carbonyl (C=O) groups is 1. The van der Waals surface area contributed by atoms with E-state index in [1.54, 1.807) is 19.0 Å². The van der Waals surface area contributed by atoms with Crippen molar-refractivity contribution >= 4 is 35.2 Å². The summed E-state index contributed by atoms with van der Waals surface area (Å²) < 4.78 is 28.0. The summed E-state index contributed by atoms with van der Waals surface area (Å²) in [5, 5.41) is 26.4. The molecule has 2 aromatic heterocycles. The molecule has 212 valence electrons. The van der Waals surface area contributed by atoms with Gasteiger partial charge in [0.25, 0.3) is 11.2 Å². The van der Waals surface area contributed by atoms with Crippen molar-refractivity contribution in [3.8, 4) is 11.5 Å². The number of hydrogen-bond acceptors (Lipinski definition) is 13. The Balaban J connectivity index is 1.23. The lowest BCUT2D eigenvalue weighted by molar-refractivity contribution is -0.386. The van der Waals surface area contributed by atoms with E-state index in [0.717, 1.165) is 0 Å². The summed E-state index contributed by atoms with van der Waals surface area (Å²) in [6.07, 6.45) is -2.12. The molecule has 2 N–H and O–H groups in total. The fourth-order valence-electron chi connectivity index (χ4n) is 4.20. The Morgan fingerprint density at radius 1 is 1.40 bits per heavy atom. The van der Waals surface area contributed by atoms with E-state index >= 15 is 0 Å². The number of nitrogens with one attached hydrogen (secondary N) is 1. The van der Waals surface area contributed by atoms with Crippen molar-refractivity contribution in [1.29, 1.82) is 0 Å². The highest BCUT2D eigenvalue weighted by Gasteiger charge is 2.38. The number of carbonyl (C=O) groups excluding carboxylic acids is 1. The number of benzene rings is 1. The quantitative estimate of drug-likeness (QED) is 0.132. The van der Waals surface area contributed by atoms with Gasteiger partial charge in [0.15, 0.2) is 23.4 Å². The van der Waals surface area contributed by atoms with E-state index in [2.05, 4.69) is 20.1 Å². The molecular formula is C23H25N7O10. The third kappa shape index (κ3) is 5.36. The van der Waals surface area contributed by atoms with Crippen LogP contribution in [0.1, 0.15) is 31.2 Å². The second kappa shape index (κ2) is 10.8. The van der Waals surface area contributed by atoms with Gasteiger partial charge in [-0.15, -0.1) is 0 Å². The second-order valence-electron chi connectivity index (χ2n) is 9.20. The molecule has 17 nitrogen and oxygen atoms in total. The number of ether oxygens (including phenoxy) is 5. The van der Waals surface area contributed by atoms with Gasteiger partial charge in [-0.05, 0) is 13.0 Å². The standard InChI is InChI=1S/C23H25N7O10/c1-11(12-4-16-17(38-10-37-16)5-14(12)30(34)35)39-23(33)36-8-18-15(31)6-19(40-18)29-20-13(7-25-29)21(32)27-22(26-20)24-9-28(2)3/h4-5,7,9,11,15,18-19,31H,6,8,10H2,1-3H3,(H,26,27,32). The van der Waals surface area contributed by atoms with Crippen LogP contribution < -0.4 is 15.0 Å². The minimum Gasteiger partial charge on any atom is -0.454 e. The highest BCUT2D eigenvalue weighted by molar-refractivity contribution is 5.74. The molecule has 4 atom stereocenters. The topological polar surface area (TPSA) is 206 Å². The normalized spacial score (nSPS) is 20.6. The van der Waals surface area contributed by atoms with Crippen LogP contribution in [0.15, 0.2) is 28.1 Å². The minimum absolute atomic E-state index is 0.0611. The van der Waals surface area contributed by atoms with Crippen LogP contribution in [0.4, 0.5) is 16.4 Å². The maximum Gasteiger partial charge on any atom is 0.508 e. The number of aliphatic hydroxyl groups is 1. The Morgan fingerprint density at radius 2 is 2.15 bits per heavy atom. The Morgan fingerprint density at radius 3 is 2.88 bits per heavy atom. The molecule has 2 aliphatic rings. The first kappa shape index (κ1) is 26.8. The number of nitrogens with zero attached hydrogens (tertiary/aromatic N) is 6. The maximum atomic E-state index is 12.4. The first-order chi connectivity index (χ1) is 19.1. The zero-order valence-electron chi connectivity index (χ0n) is 21.5. The Labute approximate surface area is 225 Å². The van der Waals surface area contributed by atoms with Crippen molar-refractivity contribution in [3.63, 3.8) is 0 Å². The van der Waals surface area contributed by atoms with Crippen molar-refractivity contribution in [1.82, 2.24) is 24.6 Å². The van der Waals surface area contributed by atoms with Crippen molar-refractivity contribution in [2.24, 2.45) is 4.99 Å². The number of fused-ring (bicyclic) bond motifs is 2. The zero-order valence-corrected chi connectivity index (χ0v) is 21.5. The molecule has 17 heteroatoms. The van der Waals surface area contributed by atoms with Gasteiger partial charge in [-0.2, -0.15) is 10.1 Å². The van der Waals surface area contributed by atoms with Gasteiger partial charge >= 0.3 is 6.16 Å². The van der Waals surface area contributed by atoms with Gasteiger partial charge in [0, 0.05) is 20.5 Å². The van der Waals surface area contributed by atoms with E-state index in [0.29, 0.717) is 0 Å². The van der Waals surface area contributed by atoms with Crippen molar-refractivity contribution in [2.45, 2.75) is 37.9 Å². The molecule has 3 aromatic rings. The van der Waals surface area contributed by atoms with Crippen LogP contribution in [-0.4, -0.2) is 86.9 Å². The van der Waals surface area contributed by atoms with Crippen LogP contribution in [-0.2, 0) is 14.2 Å². The Hall–Kier alpha value is -4.77. The van der Waals surface area contributed by atoms with E-state index in [1.807, 2.05) is 0 Å². The number of hydrogen-bond donors (Lipinski definition) is 2. The summed E-state index contributed by atoms with van der Waals surface area (Å²) in [4.78, 5) is 48.4. The molecule has 0 spiro atoms. The average molecular weight is 559 g/mol. The third-order valence-corrected chi connectivity index (χ3v) is 6.13. The zero-order chi connectivity index (χ0) is 28.6. The minimum atomic E-state index is -1.13. The molecule has 0 aliphatic carbocycles. The lowest BCUT2D eigenvalue weighted by atomic mass is 10.1. The van der Waals surface area contributed by atoms with Gasteiger partial charge < -0.3 is 33.7 Å². The first-order valence-corrected chi connectivity index (χ1v) is 12.0. The molecule has 4 unspecified atom stereocenters. The summed E-state index contributed by atoms with van der Waals surface area (Å²) in [5.41, 5.74) is -0.464. The number of nitro benzene ring substituents is 1. The smallest absolute Gasteiger partial charge is 0.454 e. The summed E-state index contributed by atoms with van der Waals surface area (Å²) in [6.45, 7) is 0.986. The van der Waals surface area contributed by atoms with Gasteiger partial charge in [-0.1, -0.05) is 0 Å². The lowest BCUT2D eigenvalue weighted by Gasteiger charge is -2.17. The summed E-state index contributed by atoms with van der Waals surface area (Å²) in [6, 6.07) is 2.57. The van der Waals surface area contributed by atoms with E-state index in [9.17, 15) is 24.8 Å². The third-order valence-electron chi connectivity index (χ3n) is 6.13. The lowest BCUT2D eigenvalue weighted by Crippen LogP contribution is -2.28. The van der Waals surface area contributed by atoms with Crippen LogP contribution in [0.25, 0.3) is 11.0 Å². The second-order valence-corrected chi connectivity index (χ2v) is 9.20. The molecule has 0 radical (unpaired) electrons. The van der Waals surface area contributed by atoms with E-state index in [-0.39, 0.29) is 59.6 Å². The molecule has 2 aliphatic heterocycles. The fraction of sp³-hybridized carbons (Fsp3) is 0.435. The maximum absolute atomic E-state index is 12.4. The van der Waals surface area contributed by atoms with Crippen LogP contribution in [0.3, 0.4) is 0 Å². The molecule has 5 rings (SSSR count). The number of nitro groups is 1. The predicted octanol–water partition coefficient (Wildman–Crippen LogP) is 1.54. The molecule has 0 bridgehead atoms. The summed E-state index contributed by atoms with van der Waals surface area (Å²) in [5.74, 6) is 0.567. The fourth-order valence-corrected chi connectivity index (χ4v) is 4.20. The molecule has 1 fully saturated rings. The van der Waals surface area contributed by atoms with Crippen molar-refractivity contribution in [3.05, 3.63) is 44.4 Å². The van der Waals surface area contributed by atoms with Crippen LogP contribution in [0.2, 0.25) is 0 Å². The molecule has 0 saturated carbocycles. The van der Waals surface area contributed by atoms with Crippen molar-refractivity contribution < 1.29 is 38.5 Å².